The predicted molar refractivity (Wildman–Crippen MR) is 350 cm³/mol. The van der Waals surface area contributed by atoms with Crippen molar-refractivity contribution >= 4 is 115 Å². The maximum Gasteiger partial charge on any atom is 0.409 e. The minimum atomic E-state index is -1.94. The number of anilines is 2. The van der Waals surface area contributed by atoms with Gasteiger partial charge in [-0.25, -0.2) is 14.4 Å². The molecule has 8 amide bonds. The molecule has 5 rings (SSSR count). The number of nitrogens with two attached hydrogens (primary N) is 1. The molecule has 2 saturated heterocycles. The minimum Gasteiger partial charge on any atom is -0.495 e. The van der Waals surface area contributed by atoms with Crippen molar-refractivity contribution in [3.63, 3.8) is 0 Å². The third-order valence-electron chi connectivity index (χ3n) is 16.8. The van der Waals surface area contributed by atoms with Gasteiger partial charge in [-0.05, 0) is 108 Å². The number of esters is 1. The van der Waals surface area contributed by atoms with E-state index in [9.17, 15) is 53.1 Å². The second-order valence-corrected chi connectivity index (χ2v) is 25.6. The number of carbonyl (C=O) groups is 10. The molecule has 12 atom stereocenters. The summed E-state index contributed by atoms with van der Waals surface area (Å²) in [7, 11) is 7.00. The van der Waals surface area contributed by atoms with Crippen LogP contribution >= 0.6 is 43.5 Å². The van der Waals surface area contributed by atoms with Gasteiger partial charge in [-0.2, -0.15) is 0 Å². The highest BCUT2D eigenvalue weighted by Crippen LogP contribution is 2.49. The first-order valence-electron chi connectivity index (χ1n) is 30.2. The topological polar surface area (TPSA) is 354 Å². The number of halogens is 3. The summed E-state index contributed by atoms with van der Waals surface area (Å²) < 4.78 is 35.6. The largest absolute Gasteiger partial charge is 0.495 e. The van der Waals surface area contributed by atoms with Crippen LogP contribution in [-0.2, 0) is 58.9 Å². The van der Waals surface area contributed by atoms with E-state index in [0.717, 1.165) is 22.3 Å². The summed E-state index contributed by atoms with van der Waals surface area (Å²) in [6.45, 7) is 12.0. The smallest absolute Gasteiger partial charge is 0.409 e. The number of hydrogen-bond acceptors (Lipinski definition) is 18. The Hall–Kier alpha value is -6.53. The summed E-state index contributed by atoms with van der Waals surface area (Å²) in [5.41, 5.74) is 2.38. The Balaban J connectivity index is 1.39. The van der Waals surface area contributed by atoms with Crippen LogP contribution in [0.15, 0.2) is 54.1 Å². The van der Waals surface area contributed by atoms with Crippen LogP contribution in [0, 0.1) is 11.8 Å². The number of hydrogen-bond donors (Lipinski definition) is 8. The van der Waals surface area contributed by atoms with E-state index in [-0.39, 0.29) is 70.2 Å². The van der Waals surface area contributed by atoms with Gasteiger partial charge in [-0.15, -0.1) is 0 Å². The van der Waals surface area contributed by atoms with E-state index in [1.165, 1.54) is 65.4 Å². The molecule has 1 unspecified atom stereocenters. The number of methoxy groups -OCH3 is 2. The lowest BCUT2D eigenvalue weighted by molar-refractivity contribution is -0.158. The Labute approximate surface area is 558 Å². The predicted octanol–water partition coefficient (Wildman–Crippen LogP) is 5.54. The van der Waals surface area contributed by atoms with Gasteiger partial charge in [0.05, 0.1) is 54.8 Å². The van der Waals surface area contributed by atoms with Gasteiger partial charge >= 0.3 is 18.1 Å². The molecule has 3 aliphatic heterocycles. The molecule has 26 nitrogen and oxygen atoms in total. The molecular weight excluding hydrogens is 1350 g/mol. The van der Waals surface area contributed by atoms with Crippen LogP contribution in [-0.4, -0.2) is 194 Å². The summed E-state index contributed by atoms with van der Waals surface area (Å²) in [5, 5.41) is 28.7. The Morgan fingerprint density at radius 3 is 2.33 bits per heavy atom. The lowest BCUT2D eigenvalue weighted by atomic mass is 9.83. The Morgan fingerprint density at radius 2 is 1.72 bits per heavy atom. The number of nitrogens with one attached hydrogen (secondary N) is 6. The minimum absolute atomic E-state index is 0.0357. The fourth-order valence-electron chi connectivity index (χ4n) is 11.0. The van der Waals surface area contributed by atoms with Gasteiger partial charge in [0.1, 0.15) is 58.7 Å². The standard InChI is InChI=1S/C63H88Br2ClN9O17/c1-34(2)52(70-41(30-76)18-14-17-36(4)91-62(31-64,32-65)33-77)56(81)72-44(19-15-23-69-59(67)84)55(80)71-43-22-21-40(27-42(43)54(79)68-8)57(82)74(9)38(6)58(83)90-49-28-50(78)75(10)45-25-39(26-46(87-11)51(45)66)24-35(3)16-13-20-48(88-12)63(86)29-47(89-60(85)73-63)37(5)53-61(49,7)92-53/h13,16,20-22,25-27,30,33-34,36-38,41,44,47-49,52-53,70,86H,14-15,17-19,23-24,28-29,31-32H2,1-12H3,(H,68,79)(H,71,80)(H,72,81)(H,73,85)(H3,67,69,84)/b20-13+,35-16+/t36?,37-,38+,41+,44+,47+,48-,49+,52+,53+,61+,63+/m1/s1. The van der Waals surface area contributed by atoms with Crippen LogP contribution in [0.3, 0.4) is 0 Å². The van der Waals surface area contributed by atoms with E-state index < -0.39 is 131 Å². The first kappa shape index (κ1) is 76.2. The van der Waals surface area contributed by atoms with Crippen molar-refractivity contribution in [3.8, 4) is 5.75 Å². The molecule has 3 aliphatic rings. The molecule has 92 heavy (non-hydrogen) atoms. The average Bonchev–Trinajstić information content (AvgIpc) is 1.58. The first-order chi connectivity index (χ1) is 43.4. The van der Waals surface area contributed by atoms with E-state index in [4.69, 9.17) is 45.8 Å². The Bertz CT molecular complexity index is 3080. The average molecular weight is 1440 g/mol. The summed E-state index contributed by atoms with van der Waals surface area (Å²) in [6, 6.07) is 2.07. The zero-order valence-corrected chi connectivity index (χ0v) is 57.9. The van der Waals surface area contributed by atoms with Crippen molar-refractivity contribution in [2.45, 2.75) is 171 Å². The van der Waals surface area contributed by atoms with E-state index in [2.05, 4.69) is 63.8 Å². The van der Waals surface area contributed by atoms with Gasteiger partial charge in [0.2, 0.25) is 17.7 Å². The van der Waals surface area contributed by atoms with Gasteiger partial charge < -0.3 is 79.9 Å². The fraction of sp³-hybridized carbons (Fsp3) is 0.587. The fourth-order valence-corrected chi connectivity index (χ4v) is 12.8. The van der Waals surface area contributed by atoms with Gasteiger partial charge in [0, 0.05) is 63.4 Å². The molecule has 0 saturated carbocycles. The summed E-state index contributed by atoms with van der Waals surface area (Å²) in [4.78, 5) is 137. The molecule has 9 N–H and O–H groups in total. The number of urea groups is 1. The number of epoxide rings is 1. The molecular formula is C63H88Br2ClN9O17. The Kier molecular flexibility index (Phi) is 28.2. The highest BCUT2D eigenvalue weighted by atomic mass is 79.9. The molecule has 0 spiro atoms. The van der Waals surface area contributed by atoms with E-state index in [0.29, 0.717) is 37.7 Å². The van der Waals surface area contributed by atoms with Crippen molar-refractivity contribution in [1.82, 2.24) is 31.5 Å². The highest BCUT2D eigenvalue weighted by molar-refractivity contribution is 9.10. The number of aldehydes is 2. The maximum absolute atomic E-state index is 14.6. The van der Waals surface area contributed by atoms with E-state index in [1.807, 2.05) is 19.9 Å². The van der Waals surface area contributed by atoms with Gasteiger partial charge in [-0.1, -0.05) is 88.0 Å². The number of rotatable bonds is 28. The molecule has 29 heteroatoms. The third-order valence-corrected chi connectivity index (χ3v) is 19.1. The SMILES string of the molecule is CNC(=O)c1cc(C(=O)N(C)[C@@H](C)C(=O)O[C@H]2CC(=O)N(C)c3cc(cc(OC)c3Cl)C/C(C)=C/C=C/[C@@H](OC)[C@@]3(O)C[C@H](OC(=O)N3)[C@@H](C)[C@@H]3O[C@@]23C)ccc1NC(=O)[C@H](CCCNC(N)=O)NC(=O)[C@@H](N[C@H](C=O)CCCC(C)OC(C=O)(CBr)CBr)C(C)C. The number of alkyl carbamates (subject to hydrolysis) is 1. The van der Waals surface area contributed by atoms with Crippen LogP contribution in [0.2, 0.25) is 5.02 Å². The number of aliphatic hydroxyl groups is 1. The van der Waals surface area contributed by atoms with Crippen molar-refractivity contribution < 1.29 is 81.5 Å². The Morgan fingerprint density at radius 1 is 1.02 bits per heavy atom. The number of ether oxygens (including phenoxy) is 6. The van der Waals surface area contributed by atoms with Gasteiger partial charge in [0.25, 0.3) is 11.8 Å². The normalized spacial score (nSPS) is 24.2. The number of carbonyl (C=O) groups excluding carboxylic acids is 10. The second-order valence-electron chi connectivity index (χ2n) is 24.1. The van der Waals surface area contributed by atoms with Crippen LogP contribution in [0.25, 0.3) is 0 Å². The number of likely N-dealkylation sites (N-methyl/N-ethyl adjacent to an activating group) is 1. The van der Waals surface area contributed by atoms with Crippen LogP contribution in [0.5, 0.6) is 5.75 Å². The number of fused-ring (bicyclic) bond motifs is 5. The quantitative estimate of drug-likeness (QED) is 0.0170. The number of allylic oxidation sites excluding steroid dienone is 3. The third kappa shape index (κ3) is 19.5. The lowest BCUT2D eigenvalue weighted by Gasteiger charge is -2.42. The molecule has 3 heterocycles. The first-order valence-corrected chi connectivity index (χ1v) is 32.9. The molecule has 2 aromatic rings. The van der Waals surface area contributed by atoms with E-state index in [1.54, 1.807) is 52.0 Å². The zero-order valence-electron chi connectivity index (χ0n) is 54.0. The van der Waals surface area contributed by atoms with E-state index >= 15 is 0 Å². The molecule has 2 aromatic carbocycles. The summed E-state index contributed by atoms with van der Waals surface area (Å²) >= 11 is 13.5. The van der Waals surface area contributed by atoms with Gasteiger partial charge in [0.15, 0.2) is 12.0 Å². The highest BCUT2D eigenvalue weighted by Gasteiger charge is 2.64. The lowest BCUT2D eigenvalue weighted by Crippen LogP contribution is -2.63. The van der Waals surface area contributed by atoms with Gasteiger partial charge in [-0.3, -0.25) is 34.6 Å². The van der Waals surface area contributed by atoms with Crippen molar-refractivity contribution in [2.75, 3.05) is 62.8 Å². The number of primary amides is 1. The van der Waals surface area contributed by atoms with Crippen molar-refractivity contribution in [2.24, 2.45) is 17.6 Å². The van der Waals surface area contributed by atoms with Crippen molar-refractivity contribution in [1.29, 1.82) is 0 Å². The van der Waals surface area contributed by atoms with Crippen LogP contribution in [0.4, 0.5) is 21.0 Å². The molecule has 0 aliphatic carbocycles. The summed E-state index contributed by atoms with van der Waals surface area (Å²) in [5.74, 6) is -5.22. The molecule has 2 fully saturated rings. The summed E-state index contributed by atoms with van der Waals surface area (Å²) in [6.07, 6.45) is 2.23. The number of amides is 8. The molecule has 0 radical (unpaired) electrons. The maximum atomic E-state index is 14.6. The van der Waals surface area contributed by atoms with Crippen LogP contribution < -0.4 is 47.3 Å². The molecule has 4 bridgehead atoms. The monoisotopic (exact) mass is 1440 g/mol. The second kappa shape index (κ2) is 34.0. The number of nitrogens with zero attached hydrogens (tertiary/aromatic N) is 2. The zero-order chi connectivity index (χ0) is 68.6. The molecule has 508 valence electrons. The number of benzene rings is 2. The van der Waals surface area contributed by atoms with Crippen molar-refractivity contribution in [3.05, 3.63) is 75.8 Å². The molecule has 0 aromatic heterocycles. The van der Waals surface area contributed by atoms with Crippen LogP contribution in [0.1, 0.15) is 120 Å². The number of alkyl halides is 2.